The first kappa shape index (κ1) is 38.8. The molecule has 17 heteroatoms. The van der Waals surface area contributed by atoms with E-state index in [0.717, 1.165) is 41.5 Å². The third kappa shape index (κ3) is 9.21. The molecule has 0 spiro atoms. The molecule has 2 aromatic rings. The second-order valence-corrected chi connectivity index (χ2v) is 12.1. The molecule has 0 aliphatic carbocycles. The van der Waals surface area contributed by atoms with Crippen molar-refractivity contribution >= 4 is 52.7 Å². The number of carbonyl (C=O) groups excluding carboxylic acids is 7. The highest BCUT2D eigenvalue weighted by atomic mass is 16.7. The smallest absolute Gasteiger partial charge is 0.303 e. The Morgan fingerprint density at radius 2 is 1.06 bits per heavy atom. The molecule has 2 fully saturated rings. The van der Waals surface area contributed by atoms with Crippen LogP contribution in [0.4, 0.5) is 0 Å². The molecule has 10 atom stereocenters. The number of hydrogen-bond donors (Lipinski definition) is 0. The number of fused-ring (bicyclic) bond motifs is 1. The summed E-state index contributed by atoms with van der Waals surface area (Å²) in [5.41, 5.74) is 0.840. The molecule has 0 unspecified atom stereocenters. The van der Waals surface area contributed by atoms with E-state index in [9.17, 15) is 33.6 Å². The van der Waals surface area contributed by atoms with Crippen LogP contribution in [0.1, 0.15) is 73.3 Å². The zero-order valence-electron chi connectivity index (χ0n) is 29.3. The van der Waals surface area contributed by atoms with Crippen LogP contribution in [-0.4, -0.2) is 102 Å². The molecule has 2 aliphatic heterocycles. The fourth-order valence-corrected chi connectivity index (χ4v) is 6.36. The monoisotopic (exact) mass is 719 g/mol. The predicted molar refractivity (Wildman–Crippen MR) is 169 cm³/mol. The van der Waals surface area contributed by atoms with E-state index in [4.69, 9.17) is 42.6 Å². The van der Waals surface area contributed by atoms with Crippen molar-refractivity contribution in [3.05, 3.63) is 36.0 Å². The molecule has 51 heavy (non-hydrogen) atoms. The van der Waals surface area contributed by atoms with Gasteiger partial charge in [0.15, 0.2) is 42.9 Å². The number of benzene rings is 1. The van der Waals surface area contributed by atoms with Gasteiger partial charge in [-0.3, -0.25) is 33.6 Å². The highest BCUT2D eigenvalue weighted by Gasteiger charge is 2.54. The quantitative estimate of drug-likeness (QED) is 0.255. The van der Waals surface area contributed by atoms with Crippen molar-refractivity contribution in [2.75, 3.05) is 6.61 Å². The van der Waals surface area contributed by atoms with Crippen LogP contribution in [0.5, 0.6) is 0 Å². The number of hydrogen-bond acceptors (Lipinski definition) is 16. The first-order valence-electron chi connectivity index (χ1n) is 16.1. The number of nitrogens with zero attached hydrogens (tertiary/aromatic N) is 1. The summed E-state index contributed by atoms with van der Waals surface area (Å²) in [6, 6.07) is 6.86. The van der Waals surface area contributed by atoms with Crippen LogP contribution in [0.3, 0.4) is 0 Å². The molecule has 1 aromatic carbocycles. The van der Waals surface area contributed by atoms with Gasteiger partial charge >= 0.3 is 41.8 Å². The average Bonchev–Trinajstić information content (AvgIpc) is 3.39. The number of aromatic nitrogens is 1. The molecule has 1 aromatic heterocycles. The Morgan fingerprint density at radius 1 is 0.588 bits per heavy atom. The Bertz CT molecular complexity index is 1670. The van der Waals surface area contributed by atoms with Crippen molar-refractivity contribution in [1.29, 1.82) is 0 Å². The molecule has 4 rings (SSSR count). The maximum absolute atomic E-state index is 12.5. The number of carbonyl (C=O) groups is 7. The normalized spacial score (nSPS) is 28.9. The van der Waals surface area contributed by atoms with Crippen molar-refractivity contribution in [2.45, 2.75) is 117 Å². The number of esters is 7. The molecular formula is C34H41NO16. The fraction of sp³-hybridized carbons (Fsp3) is 0.559. The van der Waals surface area contributed by atoms with E-state index in [0.29, 0.717) is 16.5 Å². The lowest BCUT2D eigenvalue weighted by atomic mass is 9.90. The highest BCUT2D eigenvalue weighted by molar-refractivity contribution is 5.85. The van der Waals surface area contributed by atoms with Gasteiger partial charge in [0.25, 0.3) is 0 Å². The lowest BCUT2D eigenvalue weighted by Gasteiger charge is -2.45. The standard InChI is InChI=1S/C34H41NO16/c1-15-27(45-17(3)37)30(47-19(5)39)31(48-20(6)40)28(44-15)24-13-35(25-12-10-9-11-23(24)25)34-33(50-22(8)42)32(49-21(7)41)29(46-18(4)38)26(51-34)14-43-16(2)36/h9-13,15,26-34H,14H2,1-8H3/t15-,26+,27+,28+,29-,30+,31+,32-,33+,34+/m0/s1. The van der Waals surface area contributed by atoms with Gasteiger partial charge in [-0.15, -0.1) is 0 Å². The zero-order valence-corrected chi connectivity index (χ0v) is 29.3. The van der Waals surface area contributed by atoms with Gasteiger partial charge < -0.3 is 47.2 Å². The lowest BCUT2D eigenvalue weighted by molar-refractivity contribution is -0.267. The summed E-state index contributed by atoms with van der Waals surface area (Å²) in [5, 5.41) is 0.521. The van der Waals surface area contributed by atoms with Crippen molar-refractivity contribution in [3.63, 3.8) is 0 Å². The maximum atomic E-state index is 12.5. The molecule has 278 valence electrons. The molecule has 17 nitrogen and oxygen atoms in total. The molecule has 3 heterocycles. The summed E-state index contributed by atoms with van der Waals surface area (Å²) in [7, 11) is 0. The topological polar surface area (TPSA) is 207 Å². The van der Waals surface area contributed by atoms with Crippen molar-refractivity contribution < 1.29 is 76.2 Å². The van der Waals surface area contributed by atoms with Crippen molar-refractivity contribution in [1.82, 2.24) is 4.57 Å². The fourth-order valence-electron chi connectivity index (χ4n) is 6.36. The second kappa shape index (κ2) is 16.3. The Kier molecular flexibility index (Phi) is 12.4. The van der Waals surface area contributed by atoms with Crippen molar-refractivity contribution in [3.8, 4) is 0 Å². The Labute approximate surface area is 292 Å². The van der Waals surface area contributed by atoms with E-state index < -0.39 is 110 Å². The van der Waals surface area contributed by atoms with Gasteiger partial charge in [0.05, 0.1) is 11.6 Å². The third-order valence-electron chi connectivity index (χ3n) is 7.99. The minimum absolute atomic E-state index is 0.384. The molecular weight excluding hydrogens is 678 g/mol. The summed E-state index contributed by atoms with van der Waals surface area (Å²) >= 11 is 0. The van der Waals surface area contributed by atoms with E-state index in [1.807, 2.05) is 0 Å². The van der Waals surface area contributed by atoms with Gasteiger partial charge in [0.1, 0.15) is 18.8 Å². The third-order valence-corrected chi connectivity index (χ3v) is 7.99. The SMILES string of the molecule is CC(=O)OC[C@H]1O[C@@H](n2cc([C@H]3O[C@@H](C)[C@@H](OC(C)=O)[C@@H](OC(C)=O)[C@@H]3OC(C)=O)c3ccccc32)[C@H](OC(C)=O)[C@@H](OC(C)=O)[C@H]1OC(C)=O. The predicted octanol–water partition coefficient (Wildman–Crippen LogP) is 2.15. The van der Waals surface area contributed by atoms with Crippen LogP contribution >= 0.6 is 0 Å². The van der Waals surface area contributed by atoms with Gasteiger partial charge in [-0.25, -0.2) is 0 Å². The minimum atomic E-state index is -1.45. The zero-order chi connectivity index (χ0) is 37.7. The molecule has 0 bridgehead atoms. The molecule has 0 radical (unpaired) electrons. The van der Waals surface area contributed by atoms with E-state index >= 15 is 0 Å². The van der Waals surface area contributed by atoms with Gasteiger partial charge in [-0.05, 0) is 13.0 Å². The highest BCUT2D eigenvalue weighted by Crippen LogP contribution is 2.43. The van der Waals surface area contributed by atoms with Crippen LogP contribution in [0, 0.1) is 0 Å². The summed E-state index contributed by atoms with van der Waals surface area (Å²) in [5.74, 6) is -5.21. The van der Waals surface area contributed by atoms with Gasteiger partial charge in [0.2, 0.25) is 0 Å². The molecule has 0 amide bonds. The largest absolute Gasteiger partial charge is 0.463 e. The lowest BCUT2D eigenvalue weighted by Crippen LogP contribution is -2.60. The minimum Gasteiger partial charge on any atom is -0.463 e. The van der Waals surface area contributed by atoms with Gasteiger partial charge in [-0.2, -0.15) is 0 Å². The van der Waals surface area contributed by atoms with Crippen LogP contribution in [0.15, 0.2) is 30.5 Å². The van der Waals surface area contributed by atoms with Crippen LogP contribution in [-0.2, 0) is 76.2 Å². The van der Waals surface area contributed by atoms with E-state index in [2.05, 4.69) is 0 Å². The summed E-state index contributed by atoms with van der Waals surface area (Å²) in [4.78, 5) is 85.8. The molecule has 2 saturated heterocycles. The number of ether oxygens (including phenoxy) is 9. The Hall–Kier alpha value is -5.03. The summed E-state index contributed by atoms with van der Waals surface area (Å²) in [6.07, 6.45) is -11.1. The Balaban J connectivity index is 1.93. The van der Waals surface area contributed by atoms with Crippen LogP contribution in [0.2, 0.25) is 0 Å². The second-order valence-electron chi connectivity index (χ2n) is 12.1. The number of para-hydroxylation sites is 1. The molecule has 0 saturated carbocycles. The summed E-state index contributed by atoms with van der Waals surface area (Å²) in [6.45, 7) is 9.16. The van der Waals surface area contributed by atoms with Crippen LogP contribution < -0.4 is 0 Å². The van der Waals surface area contributed by atoms with Crippen LogP contribution in [0.25, 0.3) is 10.9 Å². The maximum Gasteiger partial charge on any atom is 0.303 e. The van der Waals surface area contributed by atoms with Crippen molar-refractivity contribution in [2.24, 2.45) is 0 Å². The van der Waals surface area contributed by atoms with E-state index in [-0.39, 0.29) is 0 Å². The van der Waals surface area contributed by atoms with Gasteiger partial charge in [-0.1, -0.05) is 18.2 Å². The summed E-state index contributed by atoms with van der Waals surface area (Å²) < 4.78 is 53.1. The first-order chi connectivity index (χ1) is 24.0. The average molecular weight is 720 g/mol. The van der Waals surface area contributed by atoms with E-state index in [1.165, 1.54) is 6.92 Å². The Morgan fingerprint density at radius 3 is 1.61 bits per heavy atom. The molecule has 0 N–H and O–H groups in total. The number of rotatable bonds is 10. The van der Waals surface area contributed by atoms with Gasteiger partial charge in [0, 0.05) is 65.6 Å². The molecule has 2 aliphatic rings. The first-order valence-corrected chi connectivity index (χ1v) is 16.1. The van der Waals surface area contributed by atoms with E-state index in [1.54, 1.807) is 42.0 Å².